The molecule has 1 fully saturated rings. The monoisotopic (exact) mass is 814 g/mol. The minimum atomic E-state index is -1.13. The van der Waals surface area contributed by atoms with E-state index >= 15 is 0 Å². The molecule has 2 atom stereocenters. The Bertz CT molecular complexity index is 2100. The van der Waals surface area contributed by atoms with Gasteiger partial charge in [0.2, 0.25) is 0 Å². The summed E-state index contributed by atoms with van der Waals surface area (Å²) in [5, 5.41) is 21.0. The summed E-state index contributed by atoms with van der Waals surface area (Å²) in [7, 11) is 0. The number of benzene rings is 4. The van der Waals surface area contributed by atoms with Crippen molar-refractivity contribution in [3.05, 3.63) is 132 Å². The summed E-state index contributed by atoms with van der Waals surface area (Å²) in [6.07, 6.45) is 6.96. The van der Waals surface area contributed by atoms with Crippen LogP contribution in [0, 0.1) is 0 Å². The summed E-state index contributed by atoms with van der Waals surface area (Å²) in [4.78, 5) is 74.5. The number of rotatable bonds is 16. The zero-order valence-corrected chi connectivity index (χ0v) is 32.4. The van der Waals surface area contributed by atoms with Crippen molar-refractivity contribution in [1.29, 1.82) is 0 Å². The maximum atomic E-state index is 12.5. The molecule has 2 N–H and O–H groups in total. The lowest BCUT2D eigenvalue weighted by Crippen LogP contribution is -2.30. The summed E-state index contributed by atoms with van der Waals surface area (Å²) in [6, 6.07) is 27.3. The van der Waals surface area contributed by atoms with Gasteiger partial charge in [0.25, 0.3) is 23.6 Å². The Morgan fingerprint density at radius 1 is 0.500 bits per heavy atom. The maximum Gasteiger partial charge on any atom is 0.313 e. The van der Waals surface area contributed by atoms with Crippen LogP contribution in [-0.4, -0.2) is 71.2 Å². The molecule has 60 heavy (non-hydrogen) atoms. The standard InChI is InChI=1S/C46H42N2O12/c49-34(26-44(55)59-38-16-8-32(9-17-38)47-40(51)20-21-41(47)52)28-57-36-12-4-30(5-13-36)46(24-2-1-3-25-46)31-6-14-37(15-7-31)58-29-35(50)27-45(56)60-39-18-10-33(11-19-39)48-42(53)22-23-43(48)54/h4-23,34-35,49-50H,1-3,24-29H2. The van der Waals surface area contributed by atoms with Crippen molar-refractivity contribution < 1.29 is 57.9 Å². The molecular formula is C46H42N2O12. The molecule has 0 radical (unpaired) electrons. The number of ether oxygens (including phenoxy) is 4. The molecule has 1 aliphatic carbocycles. The molecule has 0 bridgehead atoms. The number of aliphatic hydroxyl groups is 2. The number of hydrogen-bond acceptors (Lipinski definition) is 12. The SMILES string of the molecule is O=C(CC(O)COc1ccc(C2(c3ccc(OCC(O)CC(=O)Oc4ccc(N5C(=O)C=CC5=O)cc4)cc3)CCCCC2)cc1)Oc1ccc(N2C(=O)C=CC2=O)cc1. The first-order valence-corrected chi connectivity index (χ1v) is 19.5. The van der Waals surface area contributed by atoms with E-state index in [0.717, 1.165) is 53.0 Å². The van der Waals surface area contributed by atoms with Crippen molar-refractivity contribution in [2.24, 2.45) is 0 Å². The zero-order chi connectivity index (χ0) is 42.2. The third-order valence-electron chi connectivity index (χ3n) is 10.5. The zero-order valence-electron chi connectivity index (χ0n) is 32.4. The molecule has 2 unspecified atom stereocenters. The summed E-state index contributed by atoms with van der Waals surface area (Å²) < 4.78 is 22.3. The Balaban J connectivity index is 0.870. The smallest absolute Gasteiger partial charge is 0.313 e. The highest BCUT2D eigenvalue weighted by molar-refractivity contribution is 6.28. The number of imide groups is 2. The minimum Gasteiger partial charge on any atom is -0.491 e. The van der Waals surface area contributed by atoms with Gasteiger partial charge < -0.3 is 29.2 Å². The first-order chi connectivity index (χ1) is 29.0. The van der Waals surface area contributed by atoms with Crippen molar-refractivity contribution >= 4 is 46.9 Å². The first kappa shape index (κ1) is 41.3. The summed E-state index contributed by atoms with van der Waals surface area (Å²) >= 11 is 0. The molecule has 1 saturated carbocycles. The fraction of sp³-hybridized carbons (Fsp3) is 0.261. The molecule has 14 nitrogen and oxygen atoms in total. The van der Waals surface area contributed by atoms with Crippen molar-refractivity contribution in [3.8, 4) is 23.0 Å². The normalized spacial score (nSPS) is 16.8. The van der Waals surface area contributed by atoms with Gasteiger partial charge in [-0.15, -0.1) is 0 Å². The second-order valence-electron chi connectivity index (χ2n) is 14.7. The first-order valence-electron chi connectivity index (χ1n) is 19.5. The number of nitrogens with zero attached hydrogens (tertiary/aromatic N) is 2. The molecule has 2 aliphatic heterocycles. The molecule has 308 valence electrons. The van der Waals surface area contributed by atoms with E-state index in [2.05, 4.69) is 0 Å². The van der Waals surface area contributed by atoms with E-state index < -0.39 is 47.8 Å². The largest absolute Gasteiger partial charge is 0.491 e. The molecule has 4 amide bonds. The predicted molar refractivity (Wildman–Crippen MR) is 216 cm³/mol. The number of carbonyl (C=O) groups is 6. The van der Waals surface area contributed by atoms with Gasteiger partial charge in [-0.3, -0.25) is 28.8 Å². The Labute approximate surface area is 345 Å². The quantitative estimate of drug-likeness (QED) is 0.0850. The Morgan fingerprint density at radius 3 is 1.18 bits per heavy atom. The van der Waals surface area contributed by atoms with Crippen molar-refractivity contribution in [3.63, 3.8) is 0 Å². The van der Waals surface area contributed by atoms with E-state index in [0.29, 0.717) is 22.9 Å². The van der Waals surface area contributed by atoms with Gasteiger partial charge in [0.15, 0.2) is 0 Å². The highest BCUT2D eigenvalue weighted by atomic mass is 16.5. The van der Waals surface area contributed by atoms with Crippen LogP contribution >= 0.6 is 0 Å². The number of anilines is 2. The van der Waals surface area contributed by atoms with Crippen LogP contribution in [0.15, 0.2) is 121 Å². The van der Waals surface area contributed by atoms with Gasteiger partial charge >= 0.3 is 11.9 Å². The van der Waals surface area contributed by atoms with Gasteiger partial charge in [-0.1, -0.05) is 43.5 Å². The lowest BCUT2D eigenvalue weighted by atomic mass is 9.65. The number of aliphatic hydroxyl groups excluding tert-OH is 2. The van der Waals surface area contributed by atoms with Gasteiger partial charge in [0, 0.05) is 29.7 Å². The number of hydrogen-bond donors (Lipinski definition) is 2. The highest BCUT2D eigenvalue weighted by Crippen LogP contribution is 2.45. The summed E-state index contributed by atoms with van der Waals surface area (Å²) in [6.45, 7) is -0.275. The highest BCUT2D eigenvalue weighted by Gasteiger charge is 2.36. The fourth-order valence-corrected chi connectivity index (χ4v) is 7.51. The number of carbonyl (C=O) groups excluding carboxylic acids is 6. The Kier molecular flexibility index (Phi) is 12.6. The minimum absolute atomic E-state index is 0.138. The Morgan fingerprint density at radius 2 is 0.833 bits per heavy atom. The lowest BCUT2D eigenvalue weighted by molar-refractivity contribution is -0.138. The van der Waals surface area contributed by atoms with E-state index in [9.17, 15) is 39.0 Å². The average molecular weight is 815 g/mol. The molecule has 4 aromatic carbocycles. The fourth-order valence-electron chi connectivity index (χ4n) is 7.51. The van der Waals surface area contributed by atoms with Crippen LogP contribution in [-0.2, 0) is 34.2 Å². The molecule has 4 aromatic rings. The Hall–Kier alpha value is -6.90. The molecule has 14 heteroatoms. The molecule has 7 rings (SSSR count). The molecule has 0 spiro atoms. The maximum absolute atomic E-state index is 12.5. The van der Waals surface area contributed by atoms with E-state index in [4.69, 9.17) is 18.9 Å². The summed E-state index contributed by atoms with van der Waals surface area (Å²) in [5.41, 5.74) is 2.68. The summed E-state index contributed by atoms with van der Waals surface area (Å²) in [5.74, 6) is -1.70. The third kappa shape index (κ3) is 9.68. The molecule has 0 saturated heterocycles. The van der Waals surface area contributed by atoms with E-state index in [-0.39, 0.29) is 43.0 Å². The van der Waals surface area contributed by atoms with Gasteiger partial charge in [-0.05, 0) is 96.8 Å². The van der Waals surface area contributed by atoms with Crippen LogP contribution in [0.1, 0.15) is 56.1 Å². The van der Waals surface area contributed by atoms with Crippen LogP contribution in [0.25, 0.3) is 0 Å². The van der Waals surface area contributed by atoms with Gasteiger partial charge in [-0.25, -0.2) is 9.80 Å². The molecular weight excluding hydrogens is 773 g/mol. The molecule has 2 heterocycles. The predicted octanol–water partition coefficient (Wildman–Crippen LogP) is 5.27. The number of amides is 4. The van der Waals surface area contributed by atoms with Crippen LogP contribution < -0.4 is 28.7 Å². The van der Waals surface area contributed by atoms with Gasteiger partial charge in [0.05, 0.1) is 36.4 Å². The average Bonchev–Trinajstić information content (AvgIpc) is 3.77. The van der Waals surface area contributed by atoms with Crippen molar-refractivity contribution in [2.75, 3.05) is 23.0 Å². The molecule has 0 aromatic heterocycles. The number of esters is 2. The third-order valence-corrected chi connectivity index (χ3v) is 10.5. The topological polar surface area (TPSA) is 186 Å². The second-order valence-corrected chi connectivity index (χ2v) is 14.7. The van der Waals surface area contributed by atoms with Crippen molar-refractivity contribution in [1.82, 2.24) is 0 Å². The van der Waals surface area contributed by atoms with E-state index in [1.807, 2.05) is 48.5 Å². The molecule has 3 aliphatic rings. The van der Waals surface area contributed by atoms with E-state index in [1.165, 1.54) is 72.8 Å². The van der Waals surface area contributed by atoms with Gasteiger partial charge in [0.1, 0.15) is 36.2 Å². The van der Waals surface area contributed by atoms with Crippen LogP contribution in [0.3, 0.4) is 0 Å². The second kappa shape index (κ2) is 18.4. The lowest BCUT2D eigenvalue weighted by Gasteiger charge is -2.38. The van der Waals surface area contributed by atoms with Crippen LogP contribution in [0.2, 0.25) is 0 Å². The van der Waals surface area contributed by atoms with E-state index in [1.54, 1.807) is 0 Å². The van der Waals surface area contributed by atoms with Crippen molar-refractivity contribution in [2.45, 2.75) is 62.6 Å². The van der Waals surface area contributed by atoms with Crippen LogP contribution in [0.4, 0.5) is 11.4 Å². The van der Waals surface area contributed by atoms with Crippen LogP contribution in [0.5, 0.6) is 23.0 Å². The van der Waals surface area contributed by atoms with Gasteiger partial charge in [-0.2, -0.15) is 0 Å².